The molecule has 10 nitrogen and oxygen atoms in total. The maximum Gasteiger partial charge on any atom is 0.328 e. The minimum absolute atomic E-state index is 0.0447. The van der Waals surface area contributed by atoms with Gasteiger partial charge in [-0.25, -0.2) is 4.79 Å². The average Bonchev–Trinajstić information content (AvgIpc) is 3.08. The van der Waals surface area contributed by atoms with Gasteiger partial charge in [0.15, 0.2) is 11.9 Å². The highest BCUT2D eigenvalue weighted by Gasteiger charge is 2.27. The Bertz CT molecular complexity index is 1820. The summed E-state index contributed by atoms with van der Waals surface area (Å²) in [5.74, 6) is -0.514. The van der Waals surface area contributed by atoms with Crippen molar-refractivity contribution in [2.24, 2.45) is 10.7 Å². The van der Waals surface area contributed by atoms with E-state index in [0.717, 1.165) is 32.7 Å². The number of esters is 1. The number of nitrogens with one attached hydrogen (secondary N) is 2. The molecule has 0 saturated heterocycles. The Labute approximate surface area is 277 Å². The number of amides is 2. The van der Waals surface area contributed by atoms with Crippen LogP contribution in [0.2, 0.25) is 0 Å². The first-order valence-corrected chi connectivity index (χ1v) is 15.8. The summed E-state index contributed by atoms with van der Waals surface area (Å²) in [6, 6.07) is 21.8. The molecule has 5 rings (SSSR count). The van der Waals surface area contributed by atoms with Crippen LogP contribution in [-0.2, 0) is 19.1 Å². The van der Waals surface area contributed by atoms with E-state index in [2.05, 4.69) is 15.6 Å². The van der Waals surface area contributed by atoms with Crippen molar-refractivity contribution in [3.63, 3.8) is 0 Å². The molecule has 0 spiro atoms. The number of hydrogen-bond acceptors (Lipinski definition) is 7. The molecule has 1 heterocycles. The Balaban J connectivity index is 1.55. The van der Waals surface area contributed by atoms with Crippen molar-refractivity contribution in [1.29, 1.82) is 0 Å². The molecule has 1 aliphatic rings. The molecule has 2 atom stereocenters. The lowest BCUT2D eigenvalue weighted by Crippen LogP contribution is -2.52. The van der Waals surface area contributed by atoms with Gasteiger partial charge >= 0.3 is 5.97 Å². The summed E-state index contributed by atoms with van der Waals surface area (Å²) in [5.41, 5.74) is 7.02. The van der Waals surface area contributed by atoms with Gasteiger partial charge in [0, 0.05) is 17.7 Å². The van der Waals surface area contributed by atoms with Crippen molar-refractivity contribution < 1.29 is 28.6 Å². The summed E-state index contributed by atoms with van der Waals surface area (Å²) >= 11 is 5.63. The molecular formula is C36H37ClN4O6. The lowest BCUT2D eigenvalue weighted by Gasteiger charge is -2.22. The minimum Gasteiger partial charge on any atom is -0.489 e. The van der Waals surface area contributed by atoms with E-state index in [-0.39, 0.29) is 31.4 Å². The zero-order valence-corrected chi connectivity index (χ0v) is 26.8. The van der Waals surface area contributed by atoms with Gasteiger partial charge in [-0.15, -0.1) is 0 Å². The lowest BCUT2D eigenvalue weighted by atomic mass is 9.92. The second kappa shape index (κ2) is 16.0. The number of aliphatic imine (C=N–C) groups is 1. The monoisotopic (exact) mass is 656 g/mol. The quantitative estimate of drug-likeness (QED) is 0.0643. The van der Waals surface area contributed by atoms with Crippen LogP contribution in [0.4, 0.5) is 0 Å². The molecule has 0 aliphatic carbocycles. The largest absolute Gasteiger partial charge is 0.489 e. The van der Waals surface area contributed by atoms with Crippen LogP contribution in [0, 0.1) is 0 Å². The second-order valence-corrected chi connectivity index (χ2v) is 11.4. The standard InChI is InChI=1S/C36H37ClN4O6/c1-45-35(44)28-15-7-9-21-46-29-18-16-23-10-2-4-12-25(23)32(29)33-26-13-5-3-11-24(26)17-19-30(33)47-22-31(42)40-27(34(43)41-28)14-6-8-20-39-36(37)38/h2-5,7,9-13,16-19,27-28H,6,8,14-15,20-22H2,1H3,(H2,38,39)(H,40,42)(H,41,43)/b9-7+/t27-,28+/m1/s1. The summed E-state index contributed by atoms with van der Waals surface area (Å²) in [6.07, 6.45) is 5.12. The highest BCUT2D eigenvalue weighted by Crippen LogP contribution is 2.45. The van der Waals surface area contributed by atoms with Crippen LogP contribution in [0.25, 0.3) is 32.7 Å². The van der Waals surface area contributed by atoms with Crippen LogP contribution in [-0.4, -0.2) is 62.0 Å². The number of unbranched alkanes of at least 4 members (excludes halogenated alkanes) is 1. The van der Waals surface area contributed by atoms with Crippen LogP contribution in [0.5, 0.6) is 11.5 Å². The summed E-state index contributed by atoms with van der Waals surface area (Å²) in [6.45, 7) is 0.219. The number of ether oxygens (including phenoxy) is 3. The Morgan fingerprint density at radius 1 is 0.894 bits per heavy atom. The molecular weight excluding hydrogens is 620 g/mol. The first kappa shape index (κ1) is 33.3. The van der Waals surface area contributed by atoms with Crippen molar-refractivity contribution in [2.45, 2.75) is 37.8 Å². The lowest BCUT2D eigenvalue weighted by molar-refractivity contribution is -0.145. The van der Waals surface area contributed by atoms with Gasteiger partial charge in [-0.3, -0.25) is 14.6 Å². The number of benzene rings is 4. The molecule has 4 aromatic carbocycles. The third-order valence-corrected chi connectivity index (χ3v) is 8.00. The van der Waals surface area contributed by atoms with Crippen LogP contribution >= 0.6 is 11.6 Å². The Morgan fingerprint density at radius 2 is 1.53 bits per heavy atom. The molecule has 1 aliphatic heterocycles. The van der Waals surface area contributed by atoms with Gasteiger partial charge in [0.1, 0.15) is 30.2 Å². The zero-order valence-electron chi connectivity index (χ0n) is 26.0. The Hall–Kier alpha value is -5.09. The Morgan fingerprint density at radius 3 is 2.17 bits per heavy atom. The summed E-state index contributed by atoms with van der Waals surface area (Å²) in [5, 5.41) is 9.38. The van der Waals surface area contributed by atoms with Gasteiger partial charge in [0.05, 0.1) is 7.11 Å². The molecule has 2 amide bonds. The number of hydrogen-bond donors (Lipinski definition) is 3. The average molecular weight is 657 g/mol. The minimum atomic E-state index is -0.970. The molecule has 4 aromatic rings. The maximum atomic E-state index is 13.4. The summed E-state index contributed by atoms with van der Waals surface area (Å²) in [4.78, 5) is 43.4. The predicted molar refractivity (Wildman–Crippen MR) is 184 cm³/mol. The van der Waals surface area contributed by atoms with Crippen LogP contribution in [0.15, 0.2) is 89.9 Å². The summed E-state index contributed by atoms with van der Waals surface area (Å²) in [7, 11) is 1.26. The fourth-order valence-corrected chi connectivity index (χ4v) is 5.71. The molecule has 0 fully saturated rings. The molecule has 0 aromatic heterocycles. The number of fused-ring (bicyclic) bond motifs is 7. The van der Waals surface area contributed by atoms with Gasteiger partial charge < -0.3 is 30.6 Å². The molecule has 0 saturated carbocycles. The highest BCUT2D eigenvalue weighted by molar-refractivity contribution is 6.64. The smallest absolute Gasteiger partial charge is 0.328 e. The fraction of sp³-hybridized carbons (Fsp3) is 0.278. The van der Waals surface area contributed by atoms with E-state index >= 15 is 0 Å². The third-order valence-electron chi connectivity index (χ3n) is 7.88. The van der Waals surface area contributed by atoms with Crippen molar-refractivity contribution in [2.75, 3.05) is 26.9 Å². The van der Waals surface area contributed by atoms with E-state index in [0.29, 0.717) is 30.9 Å². The number of methoxy groups -OCH3 is 1. The number of nitrogens with zero attached hydrogens (tertiary/aromatic N) is 1. The van der Waals surface area contributed by atoms with Crippen molar-refractivity contribution in [1.82, 2.24) is 10.6 Å². The number of carbonyl (C=O) groups is 3. The molecule has 0 unspecified atom stereocenters. The van der Waals surface area contributed by atoms with E-state index in [1.54, 1.807) is 12.2 Å². The number of rotatable bonds is 6. The molecule has 0 bridgehead atoms. The van der Waals surface area contributed by atoms with Gasteiger partial charge in [-0.05, 0) is 71.0 Å². The van der Waals surface area contributed by atoms with Crippen LogP contribution in [0.1, 0.15) is 25.7 Å². The number of amidine groups is 1. The van der Waals surface area contributed by atoms with Crippen LogP contribution in [0.3, 0.4) is 0 Å². The van der Waals surface area contributed by atoms with E-state index in [9.17, 15) is 14.4 Å². The Kier molecular flexibility index (Phi) is 11.3. The molecule has 0 radical (unpaired) electrons. The number of nitrogens with two attached hydrogens (primary N) is 1. The van der Waals surface area contributed by atoms with E-state index in [1.165, 1.54) is 7.11 Å². The van der Waals surface area contributed by atoms with E-state index in [4.69, 9.17) is 31.5 Å². The summed E-state index contributed by atoms with van der Waals surface area (Å²) < 4.78 is 17.5. The maximum absolute atomic E-state index is 13.4. The normalized spacial score (nSPS) is 18.5. The van der Waals surface area contributed by atoms with Crippen molar-refractivity contribution in [3.05, 3.63) is 84.9 Å². The van der Waals surface area contributed by atoms with Crippen LogP contribution < -0.4 is 25.8 Å². The number of carbonyl (C=O) groups excluding carboxylic acids is 3. The number of halogens is 1. The van der Waals surface area contributed by atoms with Gasteiger partial charge in [0.2, 0.25) is 5.91 Å². The fourth-order valence-electron chi connectivity index (χ4n) is 5.62. The third kappa shape index (κ3) is 8.39. The van der Waals surface area contributed by atoms with Gasteiger partial charge in [-0.1, -0.05) is 72.8 Å². The second-order valence-electron chi connectivity index (χ2n) is 11.0. The van der Waals surface area contributed by atoms with Crippen molar-refractivity contribution in [3.8, 4) is 22.6 Å². The SMILES string of the molecule is COC(=O)[C@@H]1C/C=C/COc2ccc3ccccc3c2-c2c(ccc3ccccc23)OCC(=O)N[C@H](CCCCN=C(N)Cl)C(=O)N1. The molecule has 47 heavy (non-hydrogen) atoms. The zero-order chi connectivity index (χ0) is 33.2. The van der Waals surface area contributed by atoms with Gasteiger partial charge in [0.25, 0.3) is 5.91 Å². The van der Waals surface area contributed by atoms with E-state index in [1.807, 2.05) is 72.8 Å². The molecule has 4 N–H and O–H groups in total. The first-order valence-electron chi connectivity index (χ1n) is 15.4. The molecule has 244 valence electrons. The van der Waals surface area contributed by atoms with Crippen molar-refractivity contribution >= 4 is 56.2 Å². The van der Waals surface area contributed by atoms with E-state index < -0.39 is 29.9 Å². The first-order chi connectivity index (χ1) is 22.9. The molecule has 11 heteroatoms. The van der Waals surface area contributed by atoms with Gasteiger partial charge in [-0.2, -0.15) is 0 Å². The predicted octanol–water partition coefficient (Wildman–Crippen LogP) is 5.24. The topological polar surface area (TPSA) is 141 Å². The highest BCUT2D eigenvalue weighted by atomic mass is 35.5.